The third-order valence-corrected chi connectivity index (χ3v) is 4.50. The molecule has 0 aliphatic heterocycles. The number of imidazole rings is 1. The van der Waals surface area contributed by atoms with E-state index in [0.29, 0.717) is 25.3 Å². The molecular weight excluding hydrogens is 274 g/mol. The molecule has 0 atom stereocenters. The summed E-state index contributed by atoms with van der Waals surface area (Å²) in [6, 6.07) is 7.77. The molecule has 0 aliphatic carbocycles. The molecule has 2 aromatic rings. The lowest BCUT2D eigenvalue weighted by molar-refractivity contribution is 0.561. The predicted octanol–water partition coefficient (Wildman–Crippen LogP) is 2.07. The van der Waals surface area contributed by atoms with Crippen molar-refractivity contribution in [2.24, 2.45) is 5.92 Å². The molecule has 1 aromatic carbocycles. The molecule has 0 radical (unpaired) electrons. The Morgan fingerprint density at radius 1 is 1.30 bits per heavy atom. The van der Waals surface area contributed by atoms with Crippen molar-refractivity contribution in [3.8, 4) is 0 Å². The molecule has 0 aliphatic rings. The van der Waals surface area contributed by atoms with Crippen LogP contribution >= 0.6 is 0 Å². The number of nitrogens with one attached hydrogen (secondary N) is 2. The van der Waals surface area contributed by atoms with Crippen molar-refractivity contribution < 1.29 is 8.42 Å². The third-order valence-electron chi connectivity index (χ3n) is 3.09. The number of hydrogen-bond acceptors (Lipinski definition) is 3. The van der Waals surface area contributed by atoms with Crippen molar-refractivity contribution in [2.45, 2.75) is 26.7 Å². The molecule has 1 heterocycles. The van der Waals surface area contributed by atoms with Crippen LogP contribution in [0.2, 0.25) is 0 Å². The van der Waals surface area contributed by atoms with Gasteiger partial charge in [-0.05, 0) is 24.5 Å². The van der Waals surface area contributed by atoms with Gasteiger partial charge in [0, 0.05) is 13.0 Å². The van der Waals surface area contributed by atoms with Crippen LogP contribution in [0.25, 0.3) is 11.0 Å². The van der Waals surface area contributed by atoms with E-state index in [1.165, 1.54) is 0 Å². The number of rotatable bonds is 7. The van der Waals surface area contributed by atoms with Gasteiger partial charge in [-0.15, -0.1) is 0 Å². The van der Waals surface area contributed by atoms with Gasteiger partial charge in [-0.1, -0.05) is 26.0 Å². The molecule has 110 valence electrons. The van der Waals surface area contributed by atoms with Gasteiger partial charge in [-0.2, -0.15) is 0 Å². The number of aromatic amines is 1. The molecule has 0 unspecified atom stereocenters. The zero-order chi connectivity index (χ0) is 14.6. The van der Waals surface area contributed by atoms with Crippen molar-refractivity contribution in [3.63, 3.8) is 0 Å². The largest absolute Gasteiger partial charge is 0.342 e. The molecule has 6 heteroatoms. The molecule has 2 N–H and O–H groups in total. The highest BCUT2D eigenvalue weighted by Gasteiger charge is 2.11. The van der Waals surface area contributed by atoms with E-state index in [4.69, 9.17) is 0 Å². The molecule has 0 amide bonds. The molecule has 0 spiro atoms. The number of hydrogen-bond donors (Lipinski definition) is 2. The maximum Gasteiger partial charge on any atom is 0.211 e. The van der Waals surface area contributed by atoms with Gasteiger partial charge in [0.2, 0.25) is 10.0 Å². The van der Waals surface area contributed by atoms with Gasteiger partial charge >= 0.3 is 0 Å². The van der Waals surface area contributed by atoms with Gasteiger partial charge in [-0.3, -0.25) is 0 Å². The zero-order valence-corrected chi connectivity index (χ0v) is 12.7. The predicted molar refractivity (Wildman–Crippen MR) is 81.0 cm³/mol. The van der Waals surface area contributed by atoms with Crippen LogP contribution in [0.1, 0.15) is 26.1 Å². The fourth-order valence-electron chi connectivity index (χ4n) is 1.91. The normalized spacial score (nSPS) is 12.3. The van der Waals surface area contributed by atoms with Gasteiger partial charge in [0.05, 0.1) is 16.8 Å². The zero-order valence-electron chi connectivity index (χ0n) is 11.9. The number of benzene rings is 1. The van der Waals surface area contributed by atoms with Crippen molar-refractivity contribution in [1.82, 2.24) is 14.7 Å². The number of para-hydroxylation sites is 2. The summed E-state index contributed by atoms with van der Waals surface area (Å²) in [5.74, 6) is 1.38. The molecule has 20 heavy (non-hydrogen) atoms. The lowest BCUT2D eigenvalue weighted by atomic mass is 10.2. The van der Waals surface area contributed by atoms with Crippen molar-refractivity contribution in [1.29, 1.82) is 0 Å². The number of nitrogens with zero attached hydrogens (tertiary/aromatic N) is 1. The summed E-state index contributed by atoms with van der Waals surface area (Å²) < 4.78 is 26.1. The summed E-state index contributed by atoms with van der Waals surface area (Å²) in [7, 11) is -3.17. The van der Waals surface area contributed by atoms with Gasteiger partial charge in [0.1, 0.15) is 5.82 Å². The van der Waals surface area contributed by atoms with Crippen molar-refractivity contribution in [3.05, 3.63) is 30.1 Å². The second-order valence-electron chi connectivity index (χ2n) is 5.35. The number of sulfonamides is 1. The molecule has 0 saturated carbocycles. The van der Waals surface area contributed by atoms with E-state index in [-0.39, 0.29) is 5.75 Å². The summed E-state index contributed by atoms with van der Waals surface area (Å²) in [6.07, 6.45) is 1.25. The first-order valence-corrected chi connectivity index (χ1v) is 8.52. The molecule has 0 saturated heterocycles. The van der Waals surface area contributed by atoms with E-state index in [1.807, 2.05) is 38.1 Å². The molecule has 5 nitrogen and oxygen atoms in total. The summed E-state index contributed by atoms with van der Waals surface area (Å²) in [4.78, 5) is 7.60. The Labute approximate surface area is 119 Å². The van der Waals surface area contributed by atoms with Crippen LogP contribution < -0.4 is 4.72 Å². The lowest BCUT2D eigenvalue weighted by Crippen LogP contribution is -2.29. The van der Waals surface area contributed by atoms with Crippen LogP contribution in [-0.2, 0) is 16.4 Å². The van der Waals surface area contributed by atoms with E-state index in [0.717, 1.165) is 16.9 Å². The first-order valence-electron chi connectivity index (χ1n) is 6.87. The highest BCUT2D eigenvalue weighted by atomic mass is 32.2. The second-order valence-corrected chi connectivity index (χ2v) is 7.27. The van der Waals surface area contributed by atoms with E-state index in [1.54, 1.807) is 0 Å². The Kier molecular flexibility index (Phi) is 4.77. The molecule has 0 fully saturated rings. The Morgan fingerprint density at radius 3 is 2.75 bits per heavy atom. The van der Waals surface area contributed by atoms with E-state index in [9.17, 15) is 8.42 Å². The summed E-state index contributed by atoms with van der Waals surface area (Å²) in [5, 5.41) is 0. The van der Waals surface area contributed by atoms with Crippen molar-refractivity contribution >= 4 is 21.1 Å². The average molecular weight is 295 g/mol. The minimum atomic E-state index is -3.17. The third kappa shape index (κ3) is 4.31. The van der Waals surface area contributed by atoms with Crippen LogP contribution in [0.3, 0.4) is 0 Å². The van der Waals surface area contributed by atoms with Gasteiger partial charge < -0.3 is 4.98 Å². The van der Waals surface area contributed by atoms with Crippen LogP contribution in [0.4, 0.5) is 0 Å². The average Bonchev–Trinajstić information content (AvgIpc) is 2.79. The topological polar surface area (TPSA) is 74.8 Å². The van der Waals surface area contributed by atoms with E-state index >= 15 is 0 Å². The van der Waals surface area contributed by atoms with Crippen LogP contribution in [0.15, 0.2) is 24.3 Å². The Morgan fingerprint density at radius 2 is 2.05 bits per heavy atom. The number of H-pyrrole nitrogens is 1. The Bertz CT molecular complexity index is 629. The van der Waals surface area contributed by atoms with Gasteiger partial charge in [0.25, 0.3) is 0 Å². The summed E-state index contributed by atoms with van der Waals surface area (Å²) in [5.41, 5.74) is 1.88. The summed E-state index contributed by atoms with van der Waals surface area (Å²) in [6.45, 7) is 4.41. The highest BCUT2D eigenvalue weighted by Crippen LogP contribution is 2.10. The van der Waals surface area contributed by atoms with Crippen LogP contribution in [0.5, 0.6) is 0 Å². The van der Waals surface area contributed by atoms with Gasteiger partial charge in [0.15, 0.2) is 0 Å². The molecule has 2 rings (SSSR count). The monoisotopic (exact) mass is 295 g/mol. The first kappa shape index (κ1) is 15.0. The first-order chi connectivity index (χ1) is 9.46. The maximum atomic E-state index is 11.8. The number of fused-ring (bicyclic) bond motifs is 1. The number of aromatic nitrogens is 2. The SMILES string of the molecule is CC(C)CCS(=O)(=O)NCCc1nc2ccccc2[nH]1. The van der Waals surface area contributed by atoms with Crippen molar-refractivity contribution in [2.75, 3.05) is 12.3 Å². The van der Waals surface area contributed by atoms with E-state index in [2.05, 4.69) is 14.7 Å². The fraction of sp³-hybridized carbons (Fsp3) is 0.500. The molecular formula is C14H21N3O2S. The van der Waals surface area contributed by atoms with Gasteiger partial charge in [-0.25, -0.2) is 18.1 Å². The van der Waals surface area contributed by atoms with Crippen LogP contribution in [0, 0.1) is 5.92 Å². The minimum absolute atomic E-state index is 0.185. The maximum absolute atomic E-state index is 11.8. The minimum Gasteiger partial charge on any atom is -0.342 e. The van der Waals surface area contributed by atoms with Crippen LogP contribution in [-0.4, -0.2) is 30.7 Å². The summed E-state index contributed by atoms with van der Waals surface area (Å²) >= 11 is 0. The molecule has 1 aromatic heterocycles. The Balaban J connectivity index is 1.86. The second kappa shape index (κ2) is 6.37. The highest BCUT2D eigenvalue weighted by molar-refractivity contribution is 7.89. The quantitative estimate of drug-likeness (QED) is 0.821. The molecule has 0 bridgehead atoms. The Hall–Kier alpha value is -1.40. The fourth-order valence-corrected chi connectivity index (χ4v) is 3.25. The lowest BCUT2D eigenvalue weighted by Gasteiger charge is -2.07. The van der Waals surface area contributed by atoms with E-state index < -0.39 is 10.0 Å². The standard InChI is InChI=1S/C14H21N3O2S/c1-11(2)8-10-20(18,19)15-9-7-14-16-12-5-3-4-6-13(12)17-14/h3-6,11,15H,7-10H2,1-2H3,(H,16,17). The smallest absolute Gasteiger partial charge is 0.211 e.